The molecule has 0 fully saturated rings. The van der Waals surface area contributed by atoms with Crippen molar-refractivity contribution < 1.29 is 32.5 Å². The van der Waals surface area contributed by atoms with Crippen molar-refractivity contribution in [1.82, 2.24) is 29.7 Å². The van der Waals surface area contributed by atoms with E-state index in [1.165, 1.54) is 37.7 Å². The number of pyridine rings is 1. The number of ether oxygens (including phenoxy) is 3. The van der Waals surface area contributed by atoms with Crippen LogP contribution in [0, 0.1) is 0 Å². The van der Waals surface area contributed by atoms with Crippen molar-refractivity contribution in [2.24, 2.45) is 0 Å². The zero-order valence-corrected chi connectivity index (χ0v) is 27.9. The Morgan fingerprint density at radius 1 is 1.16 bits per heavy atom. The standard InChI is InChI=1S/C20H21ClF3N7O3S.C3H8O.C3H8.C2H6.CH4/c1-11(5-15-26-6-12(21)7-27-15)35-30-19-29-28-18-16-17(33-9-13(8-32-2)31(18)19)14(3-4-25-16)34-10-20(22,23)24;1-3(2)4;1-3-2;1-2;/h3-4,6-7,11,13H,5,8-10H2,1-2H3,(H,29,30);3-4H,1-2H3;3H2,1-2H3;1-2H3;1H4/t11?,13-;;;;/m0..../s1. The maximum Gasteiger partial charge on any atom is 0.422 e. The summed E-state index contributed by atoms with van der Waals surface area (Å²) >= 11 is 7.23. The van der Waals surface area contributed by atoms with Crippen LogP contribution in [0.25, 0.3) is 11.5 Å². The lowest BCUT2D eigenvalue weighted by Gasteiger charge is -2.19. The molecule has 0 radical (unpaired) electrons. The van der Waals surface area contributed by atoms with Gasteiger partial charge in [0.1, 0.15) is 12.4 Å². The van der Waals surface area contributed by atoms with Gasteiger partial charge in [-0.2, -0.15) is 13.2 Å². The Morgan fingerprint density at radius 3 is 2.31 bits per heavy atom. The van der Waals surface area contributed by atoms with Gasteiger partial charge in [0.2, 0.25) is 5.95 Å². The van der Waals surface area contributed by atoms with Gasteiger partial charge >= 0.3 is 6.18 Å². The van der Waals surface area contributed by atoms with Gasteiger partial charge in [-0.15, -0.1) is 10.2 Å². The predicted molar refractivity (Wildman–Crippen MR) is 174 cm³/mol. The first-order chi connectivity index (χ1) is 20.9. The second kappa shape index (κ2) is 21.8. The van der Waals surface area contributed by atoms with E-state index in [4.69, 9.17) is 30.9 Å². The third-order valence-corrected chi connectivity index (χ3v) is 5.87. The van der Waals surface area contributed by atoms with Crippen molar-refractivity contribution in [3.8, 4) is 23.0 Å². The molecule has 16 heteroatoms. The highest BCUT2D eigenvalue weighted by Crippen LogP contribution is 2.41. The highest BCUT2D eigenvalue weighted by Gasteiger charge is 2.33. The van der Waals surface area contributed by atoms with Crippen molar-refractivity contribution in [3.63, 3.8) is 0 Å². The molecule has 3 aromatic rings. The number of methoxy groups -OCH3 is 1. The number of hydrogen-bond acceptors (Lipinski definition) is 11. The molecule has 0 aliphatic carbocycles. The van der Waals surface area contributed by atoms with Crippen LogP contribution in [0.3, 0.4) is 0 Å². The normalized spacial score (nSPS) is 13.8. The first-order valence-electron chi connectivity index (χ1n) is 14.2. The molecule has 1 aliphatic rings. The Bertz CT molecular complexity index is 1220. The molecule has 4 heterocycles. The molecule has 1 unspecified atom stereocenters. The summed E-state index contributed by atoms with van der Waals surface area (Å²) in [4.78, 5) is 12.7. The van der Waals surface area contributed by atoms with Crippen LogP contribution < -0.4 is 14.2 Å². The molecule has 0 spiro atoms. The van der Waals surface area contributed by atoms with E-state index in [1.54, 1.807) is 30.8 Å². The minimum absolute atomic E-state index is 0. The first-order valence-corrected chi connectivity index (χ1v) is 15.5. The van der Waals surface area contributed by atoms with E-state index in [2.05, 4.69) is 43.7 Å². The number of fused-ring (bicyclic) bond motifs is 3. The Kier molecular flexibility index (Phi) is 20.4. The van der Waals surface area contributed by atoms with Crippen LogP contribution >= 0.6 is 23.5 Å². The summed E-state index contributed by atoms with van der Waals surface area (Å²) in [5, 5.41) is 17.0. The van der Waals surface area contributed by atoms with Crippen LogP contribution in [0.1, 0.15) is 74.2 Å². The molecule has 4 rings (SSSR count). The van der Waals surface area contributed by atoms with E-state index < -0.39 is 12.8 Å². The Morgan fingerprint density at radius 2 is 1.76 bits per heavy atom. The zero-order chi connectivity index (χ0) is 33.3. The second-order valence-electron chi connectivity index (χ2n) is 9.38. The number of alkyl halides is 3. The highest BCUT2D eigenvalue weighted by atomic mass is 35.5. The average molecular weight is 682 g/mol. The second-order valence-corrected chi connectivity index (χ2v) is 11.1. The fourth-order valence-electron chi connectivity index (χ4n) is 3.34. The Hall–Kier alpha value is -2.88. The lowest BCUT2D eigenvalue weighted by molar-refractivity contribution is -0.153. The fourth-order valence-corrected chi connectivity index (χ4v) is 4.11. The predicted octanol–water partition coefficient (Wildman–Crippen LogP) is 7.46. The van der Waals surface area contributed by atoms with Gasteiger partial charge < -0.3 is 19.3 Å². The number of nitrogens with zero attached hydrogens (tertiary/aromatic N) is 6. The summed E-state index contributed by atoms with van der Waals surface area (Å²) in [7, 11) is 1.54. The van der Waals surface area contributed by atoms with Crippen molar-refractivity contribution in [1.29, 1.82) is 0 Å². The summed E-state index contributed by atoms with van der Waals surface area (Å²) in [6.45, 7) is 12.5. The van der Waals surface area contributed by atoms with Gasteiger partial charge in [0.15, 0.2) is 29.6 Å². The molecule has 1 aliphatic heterocycles. The molecule has 2 atom stereocenters. The van der Waals surface area contributed by atoms with Crippen molar-refractivity contribution in [3.05, 3.63) is 35.5 Å². The number of aliphatic hydroxyl groups is 1. The van der Waals surface area contributed by atoms with Crippen molar-refractivity contribution in [2.45, 2.75) is 92.3 Å². The Balaban J connectivity index is 0.00000174. The van der Waals surface area contributed by atoms with Crippen LogP contribution in [-0.4, -0.2) is 79.3 Å². The van der Waals surface area contributed by atoms with Gasteiger partial charge in [0.25, 0.3) is 0 Å². The topological polar surface area (TPSA) is 129 Å². The van der Waals surface area contributed by atoms with Gasteiger partial charge in [-0.1, -0.05) is 60.1 Å². The summed E-state index contributed by atoms with van der Waals surface area (Å²) < 4.78 is 59.2. The number of aliphatic hydroxyl groups excluding tert-OH is 1. The molecule has 11 nitrogen and oxygen atoms in total. The van der Waals surface area contributed by atoms with Gasteiger partial charge in [-0.3, -0.25) is 9.29 Å². The number of rotatable bonds is 9. The lowest BCUT2D eigenvalue weighted by Crippen LogP contribution is -2.22. The van der Waals surface area contributed by atoms with Gasteiger partial charge in [0, 0.05) is 49.5 Å². The quantitative estimate of drug-likeness (QED) is 0.218. The molecule has 0 saturated carbocycles. The van der Waals surface area contributed by atoms with Crippen LogP contribution in [0.4, 0.5) is 19.1 Å². The average Bonchev–Trinajstić information content (AvgIpc) is 3.32. The Labute approximate surface area is 273 Å². The summed E-state index contributed by atoms with van der Waals surface area (Å²) in [5.74, 6) is 1.35. The largest absolute Gasteiger partial charge is 0.485 e. The molecule has 3 aromatic heterocycles. The molecule has 0 amide bonds. The van der Waals surface area contributed by atoms with E-state index in [-0.39, 0.29) is 55.2 Å². The third-order valence-electron chi connectivity index (χ3n) is 4.81. The molecule has 256 valence electrons. The smallest absolute Gasteiger partial charge is 0.422 e. The number of halogens is 4. The van der Waals surface area contributed by atoms with E-state index in [0.717, 1.165) is 0 Å². The maximum absolute atomic E-state index is 12.7. The van der Waals surface area contributed by atoms with Crippen molar-refractivity contribution in [2.75, 3.05) is 31.7 Å². The maximum atomic E-state index is 12.7. The number of nitrogens with one attached hydrogen (secondary N) is 1. The fraction of sp³-hybridized carbons (Fsp3) is 0.621. The monoisotopic (exact) mass is 681 g/mol. The summed E-state index contributed by atoms with van der Waals surface area (Å²) in [5.41, 5.74) is 0.219. The first kappa shape index (κ1) is 42.1. The zero-order valence-electron chi connectivity index (χ0n) is 26.4. The minimum Gasteiger partial charge on any atom is -0.485 e. The van der Waals surface area contributed by atoms with Crippen LogP contribution in [0.2, 0.25) is 5.02 Å². The van der Waals surface area contributed by atoms with Crippen molar-refractivity contribution >= 4 is 29.5 Å². The van der Waals surface area contributed by atoms with E-state index >= 15 is 0 Å². The minimum atomic E-state index is -4.50. The summed E-state index contributed by atoms with van der Waals surface area (Å²) in [6, 6.07) is 0.935. The molecular weight excluding hydrogens is 635 g/mol. The van der Waals surface area contributed by atoms with Crippen LogP contribution in [-0.2, 0) is 11.2 Å². The van der Waals surface area contributed by atoms with Gasteiger partial charge in [0.05, 0.1) is 17.7 Å². The van der Waals surface area contributed by atoms with Gasteiger partial charge in [-0.25, -0.2) is 15.0 Å². The number of hydrogen-bond donors (Lipinski definition) is 2. The SMILES string of the molecule is C.CC.CC(C)O.CCC.COC[C@H]1COc2c(OCC(F)(F)F)ccnc2-c2nnc(NSC(C)Cc3ncc(Cl)cn3)n21. The highest BCUT2D eigenvalue weighted by molar-refractivity contribution is 8.01. The molecule has 0 saturated heterocycles. The van der Waals surface area contributed by atoms with Crippen LogP contribution in [0.15, 0.2) is 24.7 Å². The summed E-state index contributed by atoms with van der Waals surface area (Å²) in [6.07, 6.45) is 1.57. The molecule has 0 bridgehead atoms. The van der Waals surface area contributed by atoms with E-state index in [1.807, 2.05) is 20.8 Å². The lowest BCUT2D eigenvalue weighted by atomic mass is 10.3. The number of anilines is 1. The molecule has 2 N–H and O–H groups in total. The van der Waals surface area contributed by atoms with Crippen LogP contribution in [0.5, 0.6) is 11.5 Å². The molecular formula is C29H47ClF3N7O4S. The van der Waals surface area contributed by atoms with Gasteiger partial charge in [-0.05, 0) is 25.8 Å². The molecule has 45 heavy (non-hydrogen) atoms. The third kappa shape index (κ3) is 14.8. The number of aromatic nitrogens is 6. The molecule has 0 aromatic carbocycles. The van der Waals surface area contributed by atoms with E-state index in [9.17, 15) is 13.2 Å². The van der Waals surface area contributed by atoms with E-state index in [0.29, 0.717) is 29.0 Å².